The SMILES string of the molecule is CC(C)c1cc(NC(=O)OC(C)(C)C)n[nH]1. The number of H-pyrrole nitrogens is 1. The Balaban J connectivity index is 2.57. The molecule has 0 unspecified atom stereocenters. The Morgan fingerprint density at radius 2 is 2.12 bits per heavy atom. The summed E-state index contributed by atoms with van der Waals surface area (Å²) in [5, 5.41) is 9.39. The van der Waals surface area contributed by atoms with Crippen molar-refractivity contribution < 1.29 is 9.53 Å². The predicted molar refractivity (Wildman–Crippen MR) is 62.5 cm³/mol. The third kappa shape index (κ3) is 3.92. The zero-order valence-corrected chi connectivity index (χ0v) is 10.4. The van der Waals surface area contributed by atoms with Gasteiger partial charge in [-0.2, -0.15) is 5.10 Å². The average molecular weight is 225 g/mol. The molecule has 0 aromatic carbocycles. The maximum atomic E-state index is 11.4. The number of amides is 1. The smallest absolute Gasteiger partial charge is 0.413 e. The quantitative estimate of drug-likeness (QED) is 0.813. The number of hydrogen-bond donors (Lipinski definition) is 2. The lowest BCUT2D eigenvalue weighted by atomic mass is 10.1. The van der Waals surface area contributed by atoms with Gasteiger partial charge in [0.15, 0.2) is 5.82 Å². The van der Waals surface area contributed by atoms with Crippen molar-refractivity contribution in [3.63, 3.8) is 0 Å². The molecule has 5 nitrogen and oxygen atoms in total. The van der Waals surface area contributed by atoms with Crippen LogP contribution in [-0.2, 0) is 4.74 Å². The number of nitrogens with zero attached hydrogens (tertiary/aromatic N) is 1. The van der Waals surface area contributed by atoms with Crippen LogP contribution in [0.15, 0.2) is 6.07 Å². The number of rotatable bonds is 2. The van der Waals surface area contributed by atoms with Gasteiger partial charge in [0, 0.05) is 11.8 Å². The van der Waals surface area contributed by atoms with Crippen molar-refractivity contribution in [2.45, 2.75) is 46.1 Å². The Morgan fingerprint density at radius 1 is 1.50 bits per heavy atom. The molecule has 5 heteroatoms. The van der Waals surface area contributed by atoms with Crippen molar-refractivity contribution in [2.24, 2.45) is 0 Å². The van der Waals surface area contributed by atoms with E-state index in [2.05, 4.69) is 15.5 Å². The molecule has 0 atom stereocenters. The van der Waals surface area contributed by atoms with Crippen molar-refractivity contribution in [3.05, 3.63) is 11.8 Å². The van der Waals surface area contributed by atoms with Crippen LogP contribution in [-0.4, -0.2) is 21.9 Å². The monoisotopic (exact) mass is 225 g/mol. The van der Waals surface area contributed by atoms with E-state index >= 15 is 0 Å². The number of aromatic amines is 1. The van der Waals surface area contributed by atoms with Crippen LogP contribution in [0.25, 0.3) is 0 Å². The van der Waals surface area contributed by atoms with Gasteiger partial charge in [0.2, 0.25) is 0 Å². The van der Waals surface area contributed by atoms with Crippen molar-refractivity contribution in [3.8, 4) is 0 Å². The topological polar surface area (TPSA) is 67.0 Å². The Labute approximate surface area is 95.6 Å². The molecule has 0 radical (unpaired) electrons. The number of ether oxygens (including phenoxy) is 1. The van der Waals surface area contributed by atoms with Crippen LogP contribution in [0, 0.1) is 0 Å². The van der Waals surface area contributed by atoms with Crippen LogP contribution >= 0.6 is 0 Å². The predicted octanol–water partition coefficient (Wildman–Crippen LogP) is 2.88. The van der Waals surface area contributed by atoms with Crippen LogP contribution < -0.4 is 5.32 Å². The van der Waals surface area contributed by atoms with E-state index in [1.54, 1.807) is 6.07 Å². The third-order valence-corrected chi connectivity index (χ3v) is 1.85. The van der Waals surface area contributed by atoms with E-state index in [1.807, 2.05) is 34.6 Å². The van der Waals surface area contributed by atoms with Crippen molar-refractivity contribution in [1.29, 1.82) is 0 Å². The van der Waals surface area contributed by atoms with E-state index in [1.165, 1.54) is 0 Å². The van der Waals surface area contributed by atoms with Gasteiger partial charge in [-0.1, -0.05) is 13.8 Å². The first-order valence-corrected chi connectivity index (χ1v) is 5.33. The minimum absolute atomic E-state index is 0.349. The van der Waals surface area contributed by atoms with Crippen LogP contribution in [0.3, 0.4) is 0 Å². The highest BCUT2D eigenvalue weighted by atomic mass is 16.6. The van der Waals surface area contributed by atoms with Gasteiger partial charge < -0.3 is 4.74 Å². The fraction of sp³-hybridized carbons (Fsp3) is 0.636. The highest BCUT2D eigenvalue weighted by Gasteiger charge is 2.17. The molecule has 90 valence electrons. The summed E-state index contributed by atoms with van der Waals surface area (Å²) in [6, 6.07) is 1.80. The molecule has 0 aliphatic rings. The maximum Gasteiger partial charge on any atom is 0.413 e. The van der Waals surface area contributed by atoms with Crippen LogP contribution in [0.4, 0.5) is 10.6 Å². The highest BCUT2D eigenvalue weighted by molar-refractivity contribution is 5.83. The van der Waals surface area contributed by atoms with Crippen molar-refractivity contribution in [1.82, 2.24) is 10.2 Å². The van der Waals surface area contributed by atoms with Gasteiger partial charge in [0.05, 0.1) is 0 Å². The lowest BCUT2D eigenvalue weighted by Crippen LogP contribution is -2.27. The molecule has 1 heterocycles. The molecule has 1 amide bonds. The molecule has 0 aliphatic heterocycles. The van der Waals surface area contributed by atoms with Crippen LogP contribution in [0.5, 0.6) is 0 Å². The number of aromatic nitrogens is 2. The Bertz CT molecular complexity index is 364. The van der Waals surface area contributed by atoms with Crippen LogP contribution in [0.2, 0.25) is 0 Å². The van der Waals surface area contributed by atoms with Gasteiger partial charge in [-0.05, 0) is 26.7 Å². The number of carbonyl (C=O) groups excluding carboxylic acids is 1. The Hall–Kier alpha value is -1.52. The molecule has 0 bridgehead atoms. The largest absolute Gasteiger partial charge is 0.444 e. The molecule has 1 aromatic rings. The van der Waals surface area contributed by atoms with Gasteiger partial charge in [-0.25, -0.2) is 4.79 Å². The van der Waals surface area contributed by atoms with Gasteiger partial charge in [-0.15, -0.1) is 0 Å². The lowest BCUT2D eigenvalue weighted by Gasteiger charge is -2.18. The number of anilines is 1. The van der Waals surface area contributed by atoms with E-state index in [-0.39, 0.29) is 0 Å². The van der Waals surface area contributed by atoms with Crippen molar-refractivity contribution in [2.75, 3.05) is 5.32 Å². The summed E-state index contributed by atoms with van der Waals surface area (Å²) in [5.74, 6) is 0.833. The molecule has 0 spiro atoms. The normalized spacial score (nSPS) is 11.6. The number of nitrogens with one attached hydrogen (secondary N) is 2. The summed E-state index contributed by atoms with van der Waals surface area (Å²) in [6.45, 7) is 9.54. The fourth-order valence-corrected chi connectivity index (χ4v) is 1.10. The van der Waals surface area contributed by atoms with Crippen LogP contribution in [0.1, 0.15) is 46.2 Å². The molecule has 0 saturated carbocycles. The van der Waals surface area contributed by atoms with Gasteiger partial charge in [-0.3, -0.25) is 10.4 Å². The minimum Gasteiger partial charge on any atom is -0.444 e. The summed E-state index contributed by atoms with van der Waals surface area (Å²) >= 11 is 0. The third-order valence-electron chi connectivity index (χ3n) is 1.85. The summed E-state index contributed by atoms with van der Waals surface area (Å²) in [7, 11) is 0. The standard InChI is InChI=1S/C11H19N3O2/c1-7(2)8-6-9(14-13-8)12-10(15)16-11(3,4)5/h6-7H,1-5H3,(H2,12,13,14,15). The molecule has 0 fully saturated rings. The van der Waals surface area contributed by atoms with E-state index in [9.17, 15) is 4.79 Å². The summed E-state index contributed by atoms with van der Waals surface area (Å²) in [5.41, 5.74) is 0.479. The Kier molecular flexibility index (Phi) is 3.57. The summed E-state index contributed by atoms with van der Waals surface area (Å²) in [4.78, 5) is 11.4. The van der Waals surface area contributed by atoms with Crippen molar-refractivity contribution >= 4 is 11.9 Å². The fourth-order valence-electron chi connectivity index (χ4n) is 1.10. The van der Waals surface area contributed by atoms with Gasteiger partial charge >= 0.3 is 6.09 Å². The number of carbonyl (C=O) groups is 1. The first-order chi connectivity index (χ1) is 7.28. The maximum absolute atomic E-state index is 11.4. The molecule has 0 aliphatic carbocycles. The molecule has 1 aromatic heterocycles. The second kappa shape index (κ2) is 4.55. The minimum atomic E-state index is -0.499. The molecule has 1 rings (SSSR count). The lowest BCUT2D eigenvalue weighted by molar-refractivity contribution is 0.0635. The molecule has 2 N–H and O–H groups in total. The van der Waals surface area contributed by atoms with Gasteiger partial charge in [0.25, 0.3) is 0 Å². The zero-order chi connectivity index (χ0) is 12.3. The van der Waals surface area contributed by atoms with E-state index in [4.69, 9.17) is 4.74 Å². The molecular formula is C11H19N3O2. The Morgan fingerprint density at radius 3 is 2.56 bits per heavy atom. The first-order valence-electron chi connectivity index (χ1n) is 5.33. The molecule has 16 heavy (non-hydrogen) atoms. The second-order valence-corrected chi connectivity index (χ2v) is 4.99. The summed E-state index contributed by atoms with van der Waals surface area (Å²) < 4.78 is 5.11. The van der Waals surface area contributed by atoms with E-state index < -0.39 is 11.7 Å². The zero-order valence-electron chi connectivity index (χ0n) is 10.4. The van der Waals surface area contributed by atoms with E-state index in [0.29, 0.717) is 11.7 Å². The highest BCUT2D eigenvalue weighted by Crippen LogP contribution is 2.15. The first kappa shape index (κ1) is 12.5. The summed E-state index contributed by atoms with van der Waals surface area (Å²) in [6.07, 6.45) is -0.491. The van der Waals surface area contributed by atoms with E-state index in [0.717, 1.165) is 5.69 Å². The van der Waals surface area contributed by atoms with Gasteiger partial charge in [0.1, 0.15) is 5.60 Å². The number of hydrogen-bond acceptors (Lipinski definition) is 3. The average Bonchev–Trinajstić information content (AvgIpc) is 2.48. The molecule has 0 saturated heterocycles. The second-order valence-electron chi connectivity index (χ2n) is 4.99. The molecular weight excluding hydrogens is 206 g/mol.